The number of Topliss-reactive ketones (excluding diaryl/α,β-unsaturated/α-hetero) is 1. The van der Waals surface area contributed by atoms with Gasteiger partial charge in [0, 0.05) is 6.42 Å². The zero-order valence-electron chi connectivity index (χ0n) is 10.4. The summed E-state index contributed by atoms with van der Waals surface area (Å²) in [5, 5.41) is -0.362. The standard InChI is InChI=1S/C13H18O3S/c1-10(2)17(15,16)9-13-6-4-12(5-7-13)8-11(3)14/h4-7,10H,8-9H2,1-3H3. The van der Waals surface area contributed by atoms with Gasteiger partial charge in [-0.3, -0.25) is 4.79 Å². The molecule has 4 heteroatoms. The first-order valence-electron chi connectivity index (χ1n) is 5.60. The molecule has 0 heterocycles. The van der Waals surface area contributed by atoms with Crippen LogP contribution >= 0.6 is 0 Å². The molecule has 0 aliphatic carbocycles. The molecule has 94 valence electrons. The van der Waals surface area contributed by atoms with Crippen LogP contribution in [-0.2, 0) is 26.8 Å². The average Bonchev–Trinajstić information content (AvgIpc) is 2.19. The minimum Gasteiger partial charge on any atom is -0.300 e. The van der Waals surface area contributed by atoms with E-state index in [0.29, 0.717) is 6.42 Å². The maximum absolute atomic E-state index is 11.7. The van der Waals surface area contributed by atoms with Crippen LogP contribution in [0.3, 0.4) is 0 Å². The second kappa shape index (κ2) is 5.45. The third-order valence-electron chi connectivity index (χ3n) is 2.56. The largest absolute Gasteiger partial charge is 0.300 e. The molecule has 0 saturated heterocycles. The van der Waals surface area contributed by atoms with Gasteiger partial charge < -0.3 is 0 Å². The maximum atomic E-state index is 11.7. The van der Waals surface area contributed by atoms with E-state index < -0.39 is 9.84 Å². The number of hydrogen-bond acceptors (Lipinski definition) is 3. The summed E-state index contributed by atoms with van der Waals surface area (Å²) in [4.78, 5) is 10.9. The first kappa shape index (κ1) is 13.9. The zero-order chi connectivity index (χ0) is 13.1. The highest BCUT2D eigenvalue weighted by atomic mass is 32.2. The highest BCUT2D eigenvalue weighted by Gasteiger charge is 2.16. The third kappa shape index (κ3) is 4.30. The molecule has 0 atom stereocenters. The van der Waals surface area contributed by atoms with Gasteiger partial charge in [-0.2, -0.15) is 0 Å². The van der Waals surface area contributed by atoms with Crippen molar-refractivity contribution in [3.8, 4) is 0 Å². The first-order chi connectivity index (χ1) is 7.81. The topological polar surface area (TPSA) is 51.2 Å². The van der Waals surface area contributed by atoms with Gasteiger partial charge in [-0.25, -0.2) is 8.42 Å². The van der Waals surface area contributed by atoms with Crippen LogP contribution in [-0.4, -0.2) is 19.5 Å². The number of carbonyl (C=O) groups excluding carboxylic acids is 1. The Morgan fingerprint density at radius 2 is 1.59 bits per heavy atom. The number of ketones is 1. The van der Waals surface area contributed by atoms with Crippen molar-refractivity contribution >= 4 is 15.6 Å². The summed E-state index contributed by atoms with van der Waals surface area (Å²) in [5.74, 6) is 0.165. The zero-order valence-corrected chi connectivity index (χ0v) is 11.3. The summed E-state index contributed by atoms with van der Waals surface area (Å²) in [5.41, 5.74) is 1.69. The Kier molecular flexibility index (Phi) is 4.46. The Hall–Kier alpha value is -1.16. The maximum Gasteiger partial charge on any atom is 0.156 e. The lowest BCUT2D eigenvalue weighted by Crippen LogP contribution is -2.16. The molecule has 0 aromatic heterocycles. The van der Waals surface area contributed by atoms with Crippen LogP contribution in [0.2, 0.25) is 0 Å². The summed E-state index contributed by atoms with van der Waals surface area (Å²) in [6.45, 7) is 4.90. The number of hydrogen-bond donors (Lipinski definition) is 0. The molecule has 17 heavy (non-hydrogen) atoms. The summed E-state index contributed by atoms with van der Waals surface area (Å²) in [7, 11) is -3.05. The fraction of sp³-hybridized carbons (Fsp3) is 0.462. The lowest BCUT2D eigenvalue weighted by atomic mass is 10.1. The molecule has 1 rings (SSSR count). The minimum absolute atomic E-state index is 0.0605. The normalized spacial score (nSPS) is 11.8. The molecule has 0 aliphatic heterocycles. The van der Waals surface area contributed by atoms with Crippen molar-refractivity contribution in [2.24, 2.45) is 0 Å². The summed E-state index contributed by atoms with van der Waals surface area (Å²) >= 11 is 0. The van der Waals surface area contributed by atoms with Crippen LogP contribution in [0.25, 0.3) is 0 Å². The quantitative estimate of drug-likeness (QED) is 0.809. The van der Waals surface area contributed by atoms with Crippen molar-refractivity contribution in [1.82, 2.24) is 0 Å². The molecule has 0 N–H and O–H groups in total. The summed E-state index contributed by atoms with van der Waals surface area (Å²) in [6, 6.07) is 7.18. The van der Waals surface area contributed by atoms with E-state index in [1.54, 1.807) is 26.0 Å². The van der Waals surface area contributed by atoms with E-state index in [1.807, 2.05) is 12.1 Å². The second-order valence-corrected chi connectivity index (χ2v) is 7.11. The number of carbonyl (C=O) groups is 1. The summed E-state index contributed by atoms with van der Waals surface area (Å²) in [6.07, 6.45) is 0.400. The van der Waals surface area contributed by atoms with Gasteiger partial charge in [0.2, 0.25) is 0 Å². The lowest BCUT2D eigenvalue weighted by Gasteiger charge is -2.08. The molecule has 0 fully saturated rings. The molecule has 0 spiro atoms. The molecule has 0 bridgehead atoms. The van der Waals surface area contributed by atoms with E-state index in [4.69, 9.17) is 0 Å². The van der Waals surface area contributed by atoms with Gasteiger partial charge in [-0.1, -0.05) is 24.3 Å². The van der Waals surface area contributed by atoms with E-state index in [0.717, 1.165) is 11.1 Å². The fourth-order valence-electron chi connectivity index (χ4n) is 1.44. The number of rotatable bonds is 5. The van der Waals surface area contributed by atoms with Crippen molar-refractivity contribution in [2.45, 2.75) is 38.2 Å². The van der Waals surface area contributed by atoms with Gasteiger partial charge in [-0.05, 0) is 31.9 Å². The highest BCUT2D eigenvalue weighted by molar-refractivity contribution is 7.91. The number of sulfone groups is 1. The third-order valence-corrected chi connectivity index (χ3v) is 4.73. The fourth-order valence-corrected chi connectivity index (χ4v) is 2.43. The average molecular weight is 254 g/mol. The molecule has 3 nitrogen and oxygen atoms in total. The van der Waals surface area contributed by atoms with E-state index in [1.165, 1.54) is 6.92 Å². The Morgan fingerprint density at radius 3 is 2.00 bits per heavy atom. The van der Waals surface area contributed by atoms with Crippen LogP contribution in [0.1, 0.15) is 31.9 Å². The van der Waals surface area contributed by atoms with Crippen molar-refractivity contribution in [3.63, 3.8) is 0 Å². The number of benzene rings is 1. The Morgan fingerprint density at radius 1 is 1.12 bits per heavy atom. The van der Waals surface area contributed by atoms with E-state index in [2.05, 4.69) is 0 Å². The van der Waals surface area contributed by atoms with Crippen molar-refractivity contribution < 1.29 is 13.2 Å². The molecule has 1 aromatic carbocycles. The molecule has 0 saturated carbocycles. The highest BCUT2D eigenvalue weighted by Crippen LogP contribution is 2.12. The van der Waals surface area contributed by atoms with Crippen molar-refractivity contribution in [3.05, 3.63) is 35.4 Å². The van der Waals surface area contributed by atoms with Crippen LogP contribution in [0, 0.1) is 0 Å². The molecule has 0 radical (unpaired) electrons. The van der Waals surface area contributed by atoms with Crippen LogP contribution in [0.15, 0.2) is 24.3 Å². The van der Waals surface area contributed by atoms with Gasteiger partial charge >= 0.3 is 0 Å². The van der Waals surface area contributed by atoms with E-state index in [9.17, 15) is 13.2 Å². The Labute approximate surface area is 103 Å². The molecular formula is C13H18O3S. The molecular weight excluding hydrogens is 236 g/mol. The van der Waals surface area contributed by atoms with Crippen LogP contribution in [0.4, 0.5) is 0 Å². The SMILES string of the molecule is CC(=O)Cc1ccc(CS(=O)(=O)C(C)C)cc1. The van der Waals surface area contributed by atoms with Gasteiger partial charge in [0.25, 0.3) is 0 Å². The first-order valence-corrected chi connectivity index (χ1v) is 7.31. The van der Waals surface area contributed by atoms with Crippen LogP contribution in [0.5, 0.6) is 0 Å². The van der Waals surface area contributed by atoms with E-state index >= 15 is 0 Å². The van der Waals surface area contributed by atoms with E-state index in [-0.39, 0.29) is 16.8 Å². The molecule has 0 unspecified atom stereocenters. The predicted octanol–water partition coefficient (Wildman–Crippen LogP) is 2.14. The minimum atomic E-state index is -3.05. The molecule has 1 aromatic rings. The molecule has 0 aliphatic rings. The van der Waals surface area contributed by atoms with Gasteiger partial charge in [0.1, 0.15) is 5.78 Å². The van der Waals surface area contributed by atoms with Gasteiger partial charge in [0.05, 0.1) is 11.0 Å². The van der Waals surface area contributed by atoms with Crippen LogP contribution < -0.4 is 0 Å². The predicted molar refractivity (Wildman–Crippen MR) is 68.6 cm³/mol. The Bertz CT molecular complexity index is 484. The second-order valence-electron chi connectivity index (χ2n) is 4.55. The van der Waals surface area contributed by atoms with Crippen molar-refractivity contribution in [2.75, 3.05) is 0 Å². The monoisotopic (exact) mass is 254 g/mol. The summed E-state index contributed by atoms with van der Waals surface area (Å²) < 4.78 is 23.4. The Balaban J connectivity index is 2.79. The van der Waals surface area contributed by atoms with Gasteiger partial charge in [-0.15, -0.1) is 0 Å². The lowest BCUT2D eigenvalue weighted by molar-refractivity contribution is -0.116. The van der Waals surface area contributed by atoms with Crippen molar-refractivity contribution in [1.29, 1.82) is 0 Å². The van der Waals surface area contributed by atoms with Gasteiger partial charge in [0.15, 0.2) is 9.84 Å². The smallest absolute Gasteiger partial charge is 0.156 e. The molecule has 0 amide bonds.